The first-order valence-corrected chi connectivity index (χ1v) is 5.76. The van der Waals surface area contributed by atoms with Gasteiger partial charge in [0.25, 0.3) is 0 Å². The van der Waals surface area contributed by atoms with E-state index in [0.717, 1.165) is 22.7 Å². The third-order valence-corrected chi connectivity index (χ3v) is 2.98. The quantitative estimate of drug-likeness (QED) is 0.760. The number of carbonyl (C=O) groups is 1. The fourth-order valence-electron chi connectivity index (χ4n) is 1.41. The summed E-state index contributed by atoms with van der Waals surface area (Å²) in [6.07, 6.45) is 1.33. The summed E-state index contributed by atoms with van der Waals surface area (Å²) in [6, 6.07) is 1.67. The summed E-state index contributed by atoms with van der Waals surface area (Å²) in [5.74, 6) is 0.649. The maximum atomic E-state index is 10.7. The first-order chi connectivity index (χ1) is 7.67. The average Bonchev–Trinajstić information content (AvgIpc) is 2.63. The lowest BCUT2D eigenvalue weighted by Gasteiger charge is -2.00. The first-order valence-electron chi connectivity index (χ1n) is 4.88. The molecule has 2 heterocycles. The maximum absolute atomic E-state index is 10.7. The van der Waals surface area contributed by atoms with Crippen LogP contribution in [0.15, 0.2) is 11.4 Å². The topological polar surface area (TPSA) is 55.7 Å². The van der Waals surface area contributed by atoms with Gasteiger partial charge in [0.05, 0.1) is 6.42 Å². The molecule has 0 fully saturated rings. The summed E-state index contributed by atoms with van der Waals surface area (Å²) in [4.78, 5) is 23.4. The molecule has 0 aliphatic heterocycles. The highest BCUT2D eigenvalue weighted by Crippen LogP contribution is 2.12. The average molecular weight is 233 g/mol. The third-order valence-electron chi connectivity index (χ3n) is 2.02. The number of thiazole rings is 1. The molecule has 82 valence electrons. The van der Waals surface area contributed by atoms with Crippen molar-refractivity contribution in [2.75, 3.05) is 0 Å². The second-order valence-electron chi connectivity index (χ2n) is 3.53. The summed E-state index contributed by atoms with van der Waals surface area (Å²) >= 11 is 1.58. The molecule has 2 aromatic heterocycles. The predicted molar refractivity (Wildman–Crippen MR) is 61.8 cm³/mol. The van der Waals surface area contributed by atoms with Gasteiger partial charge in [0, 0.05) is 16.8 Å². The van der Waals surface area contributed by atoms with Gasteiger partial charge in [-0.25, -0.2) is 15.0 Å². The number of aryl methyl sites for hydroxylation is 2. The number of hydrogen-bond donors (Lipinski definition) is 0. The summed E-state index contributed by atoms with van der Waals surface area (Å²) in [6.45, 7) is 3.80. The molecule has 0 aromatic carbocycles. The van der Waals surface area contributed by atoms with E-state index in [2.05, 4.69) is 15.0 Å². The second-order valence-corrected chi connectivity index (χ2v) is 4.47. The van der Waals surface area contributed by atoms with E-state index in [9.17, 15) is 4.79 Å². The number of rotatable bonds is 3. The minimum Gasteiger partial charge on any atom is -0.296 e. The van der Waals surface area contributed by atoms with Crippen LogP contribution < -0.4 is 0 Å². The molecule has 0 N–H and O–H groups in total. The molecule has 2 rings (SSSR count). The van der Waals surface area contributed by atoms with Crippen molar-refractivity contribution in [2.45, 2.75) is 20.3 Å². The van der Waals surface area contributed by atoms with Crippen LogP contribution >= 0.6 is 11.3 Å². The van der Waals surface area contributed by atoms with Gasteiger partial charge >= 0.3 is 0 Å². The highest BCUT2D eigenvalue weighted by molar-refractivity contribution is 7.09. The number of carbonyl (C=O) groups excluding carboxylic acids is 1. The van der Waals surface area contributed by atoms with Crippen LogP contribution in [0, 0.1) is 13.8 Å². The van der Waals surface area contributed by atoms with Crippen molar-refractivity contribution < 1.29 is 4.79 Å². The van der Waals surface area contributed by atoms with Crippen LogP contribution in [0.4, 0.5) is 0 Å². The lowest BCUT2D eigenvalue weighted by molar-refractivity contribution is 0.111. The van der Waals surface area contributed by atoms with Crippen molar-refractivity contribution in [3.8, 4) is 0 Å². The molecular weight excluding hydrogens is 222 g/mol. The van der Waals surface area contributed by atoms with Gasteiger partial charge < -0.3 is 0 Å². The Morgan fingerprint density at radius 2 is 2.06 bits per heavy atom. The van der Waals surface area contributed by atoms with Gasteiger partial charge in [-0.3, -0.25) is 4.79 Å². The Balaban J connectivity index is 2.27. The zero-order valence-corrected chi connectivity index (χ0v) is 9.91. The van der Waals surface area contributed by atoms with E-state index in [1.165, 1.54) is 0 Å². The van der Waals surface area contributed by atoms with Crippen LogP contribution in [0.1, 0.15) is 32.7 Å². The van der Waals surface area contributed by atoms with E-state index in [1.54, 1.807) is 17.4 Å². The molecular formula is C11H11N3OS. The number of aldehydes is 1. The summed E-state index contributed by atoms with van der Waals surface area (Å²) in [5, 5.41) is 2.96. The highest BCUT2D eigenvalue weighted by atomic mass is 32.1. The van der Waals surface area contributed by atoms with Crippen LogP contribution in [-0.2, 0) is 6.42 Å². The lowest BCUT2D eigenvalue weighted by atomic mass is 10.3. The van der Waals surface area contributed by atoms with E-state index in [0.29, 0.717) is 17.9 Å². The Labute approximate surface area is 97.4 Å². The van der Waals surface area contributed by atoms with Crippen LogP contribution in [0.25, 0.3) is 0 Å². The van der Waals surface area contributed by atoms with Crippen molar-refractivity contribution in [3.05, 3.63) is 39.4 Å². The molecule has 0 bridgehead atoms. The van der Waals surface area contributed by atoms with Gasteiger partial charge in [0.2, 0.25) is 0 Å². The molecule has 0 saturated heterocycles. The smallest absolute Gasteiger partial charge is 0.168 e. The standard InChI is InChI=1S/C11H11N3OS/c1-7-3-9(5-15)14-10(12-7)4-11-13-8(2)6-16-11/h3,5-6H,4H2,1-2H3. The molecule has 0 spiro atoms. The molecule has 0 aliphatic carbocycles. The maximum Gasteiger partial charge on any atom is 0.168 e. The number of aromatic nitrogens is 3. The fraction of sp³-hybridized carbons (Fsp3) is 0.273. The van der Waals surface area contributed by atoms with E-state index < -0.39 is 0 Å². The number of nitrogens with zero attached hydrogens (tertiary/aromatic N) is 3. The second kappa shape index (κ2) is 4.49. The Kier molecular flexibility index (Phi) is 3.05. The zero-order valence-electron chi connectivity index (χ0n) is 9.10. The Hall–Kier alpha value is -1.62. The summed E-state index contributed by atoms with van der Waals surface area (Å²) in [5.41, 5.74) is 2.24. The SMILES string of the molecule is Cc1cc(C=O)nc(Cc2nc(C)cs2)n1. The first kappa shape index (κ1) is 10.9. The molecule has 5 heteroatoms. The molecule has 16 heavy (non-hydrogen) atoms. The predicted octanol–water partition coefficient (Wildman–Crippen LogP) is 1.95. The molecule has 0 aliphatic rings. The molecule has 2 aromatic rings. The normalized spacial score (nSPS) is 10.4. The van der Waals surface area contributed by atoms with Gasteiger partial charge in [0.1, 0.15) is 16.5 Å². The van der Waals surface area contributed by atoms with Gasteiger partial charge in [-0.05, 0) is 19.9 Å². The molecule has 4 nitrogen and oxygen atoms in total. The van der Waals surface area contributed by atoms with E-state index >= 15 is 0 Å². The van der Waals surface area contributed by atoms with Crippen molar-refractivity contribution in [3.63, 3.8) is 0 Å². The Bertz CT molecular complexity index is 522. The monoisotopic (exact) mass is 233 g/mol. The van der Waals surface area contributed by atoms with Gasteiger partial charge in [0.15, 0.2) is 6.29 Å². The zero-order chi connectivity index (χ0) is 11.5. The van der Waals surface area contributed by atoms with Crippen molar-refractivity contribution in [1.82, 2.24) is 15.0 Å². The van der Waals surface area contributed by atoms with Crippen LogP contribution in [0.3, 0.4) is 0 Å². The largest absolute Gasteiger partial charge is 0.296 e. The van der Waals surface area contributed by atoms with Crippen LogP contribution in [0.5, 0.6) is 0 Å². The van der Waals surface area contributed by atoms with Crippen molar-refractivity contribution >= 4 is 17.6 Å². The van der Waals surface area contributed by atoms with Gasteiger partial charge in [-0.15, -0.1) is 11.3 Å². The van der Waals surface area contributed by atoms with E-state index in [1.807, 2.05) is 19.2 Å². The molecule has 0 unspecified atom stereocenters. The molecule has 0 amide bonds. The minimum atomic E-state index is 0.427. The Morgan fingerprint density at radius 3 is 2.69 bits per heavy atom. The molecule has 0 atom stereocenters. The Morgan fingerprint density at radius 1 is 1.25 bits per heavy atom. The van der Waals surface area contributed by atoms with E-state index in [-0.39, 0.29) is 0 Å². The third kappa shape index (κ3) is 2.49. The van der Waals surface area contributed by atoms with Crippen molar-refractivity contribution in [2.24, 2.45) is 0 Å². The van der Waals surface area contributed by atoms with Gasteiger partial charge in [-0.2, -0.15) is 0 Å². The van der Waals surface area contributed by atoms with Crippen LogP contribution in [0.2, 0.25) is 0 Å². The van der Waals surface area contributed by atoms with E-state index in [4.69, 9.17) is 0 Å². The highest BCUT2D eigenvalue weighted by Gasteiger charge is 2.05. The number of hydrogen-bond acceptors (Lipinski definition) is 5. The summed E-state index contributed by atoms with van der Waals surface area (Å²) in [7, 11) is 0. The fourth-order valence-corrected chi connectivity index (χ4v) is 2.18. The lowest BCUT2D eigenvalue weighted by Crippen LogP contribution is -2.01. The van der Waals surface area contributed by atoms with Gasteiger partial charge in [-0.1, -0.05) is 0 Å². The van der Waals surface area contributed by atoms with Crippen LogP contribution in [-0.4, -0.2) is 21.2 Å². The molecule has 0 radical (unpaired) electrons. The van der Waals surface area contributed by atoms with Crippen molar-refractivity contribution in [1.29, 1.82) is 0 Å². The summed E-state index contributed by atoms with van der Waals surface area (Å²) < 4.78 is 0. The minimum absolute atomic E-state index is 0.427. The molecule has 0 saturated carbocycles.